The van der Waals surface area contributed by atoms with Gasteiger partial charge in [-0.3, -0.25) is 9.48 Å². The Balaban J connectivity index is 2.51. The van der Waals surface area contributed by atoms with E-state index in [0.717, 1.165) is 31.5 Å². The monoisotopic (exact) mass is 266 g/mol. The lowest BCUT2D eigenvalue weighted by atomic mass is 10.2. The second kappa shape index (κ2) is 7.94. The molecule has 1 heterocycles. The molecular formula is C14H26N4O. The van der Waals surface area contributed by atoms with Crippen molar-refractivity contribution in [3.05, 3.63) is 17.5 Å². The highest BCUT2D eigenvalue weighted by Crippen LogP contribution is 2.07. The average molecular weight is 266 g/mol. The molecule has 0 saturated carbocycles. The first-order chi connectivity index (χ1) is 9.12. The van der Waals surface area contributed by atoms with Crippen LogP contribution in [0.4, 0.5) is 0 Å². The summed E-state index contributed by atoms with van der Waals surface area (Å²) in [5, 5.41) is 4.52. The number of rotatable bonds is 8. The maximum Gasteiger partial charge on any atom is 0.224 e. The Morgan fingerprint density at radius 1 is 1.42 bits per heavy atom. The van der Waals surface area contributed by atoms with Gasteiger partial charge in [-0.05, 0) is 31.9 Å². The molecule has 0 radical (unpaired) electrons. The summed E-state index contributed by atoms with van der Waals surface area (Å²) in [6.45, 7) is 6.22. The molecule has 1 aromatic heterocycles. The smallest absolute Gasteiger partial charge is 0.224 e. The molecule has 1 aromatic rings. The highest BCUT2D eigenvalue weighted by molar-refractivity contribution is 5.75. The fourth-order valence-electron chi connectivity index (χ4n) is 2.01. The molecule has 108 valence electrons. The molecule has 0 unspecified atom stereocenters. The number of nitrogens with zero attached hydrogens (tertiary/aromatic N) is 3. The molecule has 0 saturated heterocycles. The topological polar surface area (TPSA) is 64.2 Å². The Kier molecular flexibility index (Phi) is 6.56. The van der Waals surface area contributed by atoms with E-state index in [-0.39, 0.29) is 5.91 Å². The molecule has 0 bridgehead atoms. The van der Waals surface area contributed by atoms with Crippen molar-refractivity contribution in [1.82, 2.24) is 14.7 Å². The van der Waals surface area contributed by atoms with Crippen molar-refractivity contribution < 1.29 is 4.79 Å². The quantitative estimate of drug-likeness (QED) is 0.769. The van der Waals surface area contributed by atoms with Crippen LogP contribution in [0.2, 0.25) is 0 Å². The molecule has 0 aromatic carbocycles. The van der Waals surface area contributed by atoms with E-state index in [1.165, 1.54) is 5.69 Å². The number of aryl methyl sites for hydroxylation is 3. The van der Waals surface area contributed by atoms with E-state index < -0.39 is 0 Å². The minimum atomic E-state index is 0.157. The van der Waals surface area contributed by atoms with Crippen LogP contribution in [0.25, 0.3) is 0 Å². The maximum absolute atomic E-state index is 11.9. The summed E-state index contributed by atoms with van der Waals surface area (Å²) in [7, 11) is 1.83. The second-order valence-electron chi connectivity index (χ2n) is 4.76. The van der Waals surface area contributed by atoms with E-state index in [1.807, 2.05) is 11.7 Å². The largest absolute Gasteiger partial charge is 0.346 e. The SMILES string of the molecule is CCc1cc(CC)n(CCC(=O)N(C)CCCN)n1. The van der Waals surface area contributed by atoms with Crippen molar-refractivity contribution in [3.63, 3.8) is 0 Å². The van der Waals surface area contributed by atoms with Crippen molar-refractivity contribution >= 4 is 5.91 Å². The minimum Gasteiger partial charge on any atom is -0.346 e. The van der Waals surface area contributed by atoms with E-state index in [4.69, 9.17) is 5.73 Å². The zero-order valence-corrected chi connectivity index (χ0v) is 12.4. The summed E-state index contributed by atoms with van der Waals surface area (Å²) in [5.41, 5.74) is 7.75. The number of nitrogens with two attached hydrogens (primary N) is 1. The molecule has 1 rings (SSSR count). The minimum absolute atomic E-state index is 0.157. The lowest BCUT2D eigenvalue weighted by Crippen LogP contribution is -2.29. The van der Waals surface area contributed by atoms with Crippen molar-refractivity contribution in [2.75, 3.05) is 20.1 Å². The van der Waals surface area contributed by atoms with Gasteiger partial charge >= 0.3 is 0 Å². The lowest BCUT2D eigenvalue weighted by molar-refractivity contribution is -0.130. The Morgan fingerprint density at radius 3 is 2.74 bits per heavy atom. The van der Waals surface area contributed by atoms with Crippen LogP contribution in [-0.2, 0) is 24.2 Å². The summed E-state index contributed by atoms with van der Waals surface area (Å²) in [6, 6.07) is 2.13. The van der Waals surface area contributed by atoms with Crippen LogP contribution in [0.15, 0.2) is 6.07 Å². The predicted octanol–water partition coefficient (Wildman–Crippen LogP) is 1.21. The van der Waals surface area contributed by atoms with Crippen LogP contribution < -0.4 is 5.73 Å². The fourth-order valence-corrected chi connectivity index (χ4v) is 2.01. The Morgan fingerprint density at radius 2 is 2.16 bits per heavy atom. The van der Waals surface area contributed by atoms with Gasteiger partial charge in [-0.15, -0.1) is 0 Å². The molecule has 5 nitrogen and oxygen atoms in total. The fraction of sp³-hybridized carbons (Fsp3) is 0.714. The summed E-state index contributed by atoms with van der Waals surface area (Å²) < 4.78 is 1.97. The molecule has 1 amide bonds. The number of aromatic nitrogens is 2. The van der Waals surface area contributed by atoms with E-state index in [1.54, 1.807) is 4.90 Å². The van der Waals surface area contributed by atoms with Crippen LogP contribution in [0.1, 0.15) is 38.1 Å². The lowest BCUT2D eigenvalue weighted by Gasteiger charge is -2.16. The van der Waals surface area contributed by atoms with Crippen LogP contribution >= 0.6 is 0 Å². The normalized spacial score (nSPS) is 10.7. The molecule has 0 fully saturated rings. The Hall–Kier alpha value is -1.36. The van der Waals surface area contributed by atoms with Gasteiger partial charge in [0.05, 0.1) is 5.69 Å². The zero-order valence-electron chi connectivity index (χ0n) is 12.4. The third-order valence-corrected chi connectivity index (χ3v) is 3.30. The van der Waals surface area contributed by atoms with Crippen molar-refractivity contribution in [2.24, 2.45) is 5.73 Å². The van der Waals surface area contributed by atoms with E-state index in [0.29, 0.717) is 19.5 Å². The van der Waals surface area contributed by atoms with E-state index in [9.17, 15) is 4.79 Å². The van der Waals surface area contributed by atoms with Crippen LogP contribution in [0.5, 0.6) is 0 Å². The number of carbonyl (C=O) groups excluding carboxylic acids is 1. The van der Waals surface area contributed by atoms with Gasteiger partial charge in [0.1, 0.15) is 0 Å². The van der Waals surface area contributed by atoms with Crippen LogP contribution in [-0.4, -0.2) is 40.7 Å². The first-order valence-corrected chi connectivity index (χ1v) is 7.12. The van der Waals surface area contributed by atoms with Crippen LogP contribution in [0.3, 0.4) is 0 Å². The predicted molar refractivity (Wildman–Crippen MR) is 76.9 cm³/mol. The van der Waals surface area contributed by atoms with Gasteiger partial charge in [0, 0.05) is 32.3 Å². The molecule has 0 aliphatic carbocycles. The third kappa shape index (κ3) is 4.67. The van der Waals surface area contributed by atoms with Gasteiger partial charge in [0.2, 0.25) is 5.91 Å². The van der Waals surface area contributed by atoms with Crippen molar-refractivity contribution in [3.8, 4) is 0 Å². The van der Waals surface area contributed by atoms with E-state index >= 15 is 0 Å². The van der Waals surface area contributed by atoms with Gasteiger partial charge in [0.15, 0.2) is 0 Å². The first kappa shape index (κ1) is 15.7. The summed E-state index contributed by atoms with van der Waals surface area (Å²) in [4.78, 5) is 13.7. The summed E-state index contributed by atoms with van der Waals surface area (Å²) >= 11 is 0. The van der Waals surface area contributed by atoms with Crippen molar-refractivity contribution in [2.45, 2.75) is 46.1 Å². The van der Waals surface area contributed by atoms with Gasteiger partial charge in [-0.25, -0.2) is 0 Å². The van der Waals surface area contributed by atoms with Gasteiger partial charge in [-0.2, -0.15) is 5.10 Å². The average Bonchev–Trinajstić information content (AvgIpc) is 2.84. The third-order valence-electron chi connectivity index (χ3n) is 3.30. The molecule has 0 atom stereocenters. The van der Waals surface area contributed by atoms with Gasteiger partial charge in [-0.1, -0.05) is 13.8 Å². The summed E-state index contributed by atoms with van der Waals surface area (Å²) in [5.74, 6) is 0.157. The highest BCUT2D eigenvalue weighted by Gasteiger charge is 2.10. The number of hydrogen-bond donors (Lipinski definition) is 1. The molecule has 0 aliphatic rings. The van der Waals surface area contributed by atoms with E-state index in [2.05, 4.69) is 25.0 Å². The molecule has 19 heavy (non-hydrogen) atoms. The molecular weight excluding hydrogens is 240 g/mol. The Labute approximate surface area is 115 Å². The summed E-state index contributed by atoms with van der Waals surface area (Å²) in [6.07, 6.45) is 3.23. The van der Waals surface area contributed by atoms with Crippen LogP contribution in [0, 0.1) is 0 Å². The number of carbonyl (C=O) groups is 1. The number of amides is 1. The molecule has 0 spiro atoms. The molecule has 5 heteroatoms. The zero-order chi connectivity index (χ0) is 14.3. The Bertz CT molecular complexity index is 400. The second-order valence-corrected chi connectivity index (χ2v) is 4.76. The number of hydrogen-bond acceptors (Lipinski definition) is 3. The van der Waals surface area contributed by atoms with Gasteiger partial charge < -0.3 is 10.6 Å². The van der Waals surface area contributed by atoms with Gasteiger partial charge in [0.25, 0.3) is 0 Å². The molecule has 2 N–H and O–H groups in total. The molecule has 0 aliphatic heterocycles. The standard InChI is InChI=1S/C14H26N4O/c1-4-12-11-13(5-2)18(16-12)10-7-14(19)17(3)9-6-8-15/h11H,4-10,15H2,1-3H3. The maximum atomic E-state index is 11.9. The first-order valence-electron chi connectivity index (χ1n) is 7.12. The highest BCUT2D eigenvalue weighted by atomic mass is 16.2. The van der Waals surface area contributed by atoms with Crippen molar-refractivity contribution in [1.29, 1.82) is 0 Å².